The molecule has 2 rings (SSSR count). The molecule has 1 fully saturated rings. The lowest BCUT2D eigenvalue weighted by molar-refractivity contribution is -0.285. The van der Waals surface area contributed by atoms with Crippen molar-refractivity contribution in [3.8, 4) is 0 Å². The first-order valence-corrected chi connectivity index (χ1v) is 16.1. The van der Waals surface area contributed by atoms with Gasteiger partial charge in [-0.1, -0.05) is 35.6 Å². The maximum Gasteiger partial charge on any atom is 0.325 e. The van der Waals surface area contributed by atoms with Crippen LogP contribution in [0.2, 0.25) is 39.3 Å². The second kappa shape index (κ2) is 8.07. The van der Waals surface area contributed by atoms with E-state index in [1.807, 2.05) is 69.6 Å². The number of carbonyl (C=O) groups is 2. The van der Waals surface area contributed by atoms with Gasteiger partial charge < -0.3 is 18.5 Å². The van der Waals surface area contributed by atoms with E-state index >= 15 is 0 Å². The summed E-state index contributed by atoms with van der Waals surface area (Å²) in [7, 11) is -1.67. The van der Waals surface area contributed by atoms with E-state index in [1.165, 1.54) is 19.4 Å². The summed E-state index contributed by atoms with van der Waals surface area (Å²) >= 11 is 0. The minimum atomic E-state index is -2.11. The van der Waals surface area contributed by atoms with Crippen molar-refractivity contribution in [1.82, 2.24) is 5.23 Å². The molecule has 0 saturated heterocycles. The van der Waals surface area contributed by atoms with Crippen LogP contribution in [0.3, 0.4) is 0 Å². The fraction of sp³-hybridized carbons (Fsp3) is 0.579. The van der Waals surface area contributed by atoms with Gasteiger partial charge in [0, 0.05) is 5.92 Å². The Labute approximate surface area is 169 Å². The van der Waals surface area contributed by atoms with E-state index in [4.69, 9.17) is 18.5 Å². The molecule has 1 aromatic carbocycles. The van der Waals surface area contributed by atoms with Gasteiger partial charge in [-0.05, 0) is 44.8 Å². The number of benzene rings is 1. The van der Waals surface area contributed by atoms with Crippen LogP contribution in [0.5, 0.6) is 0 Å². The summed E-state index contributed by atoms with van der Waals surface area (Å²) in [5.41, 5.74) is -0.712. The monoisotopic (exact) mass is 425 g/mol. The molecule has 0 heterocycles. The highest BCUT2D eigenvalue weighted by atomic mass is 28.4. The third-order valence-electron chi connectivity index (χ3n) is 4.32. The fourth-order valence-electron chi connectivity index (χ4n) is 3.35. The molecule has 0 N–H and O–H groups in total. The number of hydrogen-bond donors (Lipinski definition) is 0. The van der Waals surface area contributed by atoms with Crippen molar-refractivity contribution >= 4 is 28.6 Å². The van der Waals surface area contributed by atoms with Crippen molar-refractivity contribution in [2.24, 2.45) is 5.41 Å². The van der Waals surface area contributed by atoms with Gasteiger partial charge >= 0.3 is 11.9 Å². The zero-order valence-electron chi connectivity index (χ0n) is 17.9. The quantitative estimate of drug-likeness (QED) is 0.274. The van der Waals surface area contributed by atoms with Crippen LogP contribution in [0.4, 0.5) is 0 Å². The number of esters is 2. The summed E-state index contributed by atoms with van der Waals surface area (Å²) in [6.07, 6.45) is 0. The number of carbonyl (C=O) groups excluding carboxylic acids is 2. The molecule has 1 saturated carbocycles. The van der Waals surface area contributed by atoms with E-state index in [0.717, 1.165) is 5.56 Å². The Kier molecular flexibility index (Phi) is 6.56. The van der Waals surface area contributed by atoms with E-state index in [-0.39, 0.29) is 0 Å². The van der Waals surface area contributed by atoms with Gasteiger partial charge in [0.05, 0.1) is 20.3 Å². The molecule has 1 aliphatic carbocycles. The maximum atomic E-state index is 12.9. The number of hydroxylamine groups is 2. The second-order valence-electron chi connectivity index (χ2n) is 8.88. The topological polar surface area (TPSA) is 74.3 Å². The maximum absolute atomic E-state index is 12.9. The molecule has 9 heteroatoms. The van der Waals surface area contributed by atoms with Crippen molar-refractivity contribution in [3.05, 3.63) is 35.9 Å². The Balaban J connectivity index is 2.59. The predicted molar refractivity (Wildman–Crippen MR) is 110 cm³/mol. The van der Waals surface area contributed by atoms with Gasteiger partial charge in [0.1, 0.15) is 0 Å². The van der Waals surface area contributed by atoms with Crippen molar-refractivity contribution in [2.45, 2.75) is 51.2 Å². The first-order valence-electron chi connectivity index (χ1n) is 9.27. The van der Waals surface area contributed by atoms with Gasteiger partial charge in [-0.15, -0.1) is 0 Å². The van der Waals surface area contributed by atoms with Gasteiger partial charge in [0.15, 0.2) is 5.41 Å². The lowest BCUT2D eigenvalue weighted by Crippen LogP contribution is -2.48. The van der Waals surface area contributed by atoms with E-state index in [2.05, 4.69) is 0 Å². The van der Waals surface area contributed by atoms with Crippen molar-refractivity contribution < 1.29 is 28.1 Å². The average Bonchev–Trinajstić information content (AvgIpc) is 3.29. The summed E-state index contributed by atoms with van der Waals surface area (Å²) in [4.78, 5) is 25.8. The SMILES string of the molecule is COC(=O)C1(C(=O)OC)[C@H](c2ccccc2)[C@H]1N(O[Si](C)(C)C)O[Si](C)(C)C. The highest BCUT2D eigenvalue weighted by Crippen LogP contribution is 2.63. The number of hydrogen-bond acceptors (Lipinski definition) is 7. The molecular weight excluding hydrogens is 394 g/mol. The molecule has 0 bridgehead atoms. The van der Waals surface area contributed by atoms with Crippen molar-refractivity contribution in [3.63, 3.8) is 0 Å². The van der Waals surface area contributed by atoms with Crippen LogP contribution in [-0.2, 0) is 28.1 Å². The standard InChI is InChI=1S/C19H31NO6Si2/c1-23-17(21)19(18(22)24-2)15(14-12-10-9-11-13-14)16(19)20(25-27(3,4)5)26-28(6,7)8/h9-13,15-16H,1-8H3/t15-,16-/m1/s1. The first kappa shape index (κ1) is 22.8. The minimum Gasteiger partial charge on any atom is -0.468 e. The van der Waals surface area contributed by atoms with E-state index in [0.29, 0.717) is 0 Å². The normalized spacial score (nSPS) is 21.3. The summed E-state index contributed by atoms with van der Waals surface area (Å²) in [5.74, 6) is -1.80. The fourth-order valence-corrected chi connectivity index (χ4v) is 4.81. The van der Waals surface area contributed by atoms with E-state index in [9.17, 15) is 9.59 Å². The van der Waals surface area contributed by atoms with Gasteiger partial charge in [-0.3, -0.25) is 9.59 Å². The molecular formula is C19H31NO6Si2. The van der Waals surface area contributed by atoms with E-state index < -0.39 is 45.9 Å². The predicted octanol–water partition coefficient (Wildman–Crippen LogP) is 3.32. The third kappa shape index (κ3) is 4.54. The van der Waals surface area contributed by atoms with Crippen LogP contribution in [-0.4, -0.2) is 54.1 Å². The van der Waals surface area contributed by atoms with Gasteiger partial charge in [0.2, 0.25) is 16.6 Å². The molecule has 28 heavy (non-hydrogen) atoms. The molecule has 1 aromatic rings. The molecule has 1 aliphatic rings. The van der Waals surface area contributed by atoms with Gasteiger partial charge in [0.25, 0.3) is 0 Å². The molecule has 0 unspecified atom stereocenters. The molecule has 0 aliphatic heterocycles. The Hall–Kier alpha value is -1.53. The molecule has 0 radical (unpaired) electrons. The summed E-state index contributed by atoms with van der Waals surface area (Å²) in [5, 5.41) is 1.41. The summed E-state index contributed by atoms with van der Waals surface area (Å²) in [6.45, 7) is 12.1. The van der Waals surface area contributed by atoms with Crippen molar-refractivity contribution in [2.75, 3.05) is 14.2 Å². The third-order valence-corrected chi connectivity index (χ3v) is 5.78. The smallest absolute Gasteiger partial charge is 0.325 e. The summed E-state index contributed by atoms with van der Waals surface area (Å²) in [6, 6.07) is 8.71. The average molecular weight is 426 g/mol. The highest BCUT2D eigenvalue weighted by molar-refractivity contribution is 6.70. The minimum absolute atomic E-state index is 0.499. The first-order chi connectivity index (χ1) is 12.9. The number of nitrogens with zero attached hydrogens (tertiary/aromatic N) is 1. The zero-order valence-corrected chi connectivity index (χ0v) is 19.9. The molecule has 156 valence electrons. The molecule has 2 atom stereocenters. The second-order valence-corrected chi connectivity index (χ2v) is 17.7. The van der Waals surface area contributed by atoms with E-state index in [1.54, 1.807) is 0 Å². The van der Waals surface area contributed by atoms with Gasteiger partial charge in [-0.2, -0.15) is 0 Å². The molecule has 0 aromatic heterocycles. The Morgan fingerprint density at radius 2 is 1.29 bits per heavy atom. The number of ether oxygens (including phenoxy) is 2. The van der Waals surface area contributed by atoms with Crippen LogP contribution >= 0.6 is 0 Å². The van der Waals surface area contributed by atoms with Crippen LogP contribution < -0.4 is 0 Å². The number of rotatable bonds is 8. The van der Waals surface area contributed by atoms with Gasteiger partial charge in [-0.25, -0.2) is 0 Å². The molecule has 0 amide bonds. The lowest BCUT2D eigenvalue weighted by atomic mass is 9.99. The Morgan fingerprint density at radius 1 is 0.857 bits per heavy atom. The highest BCUT2D eigenvalue weighted by Gasteiger charge is 2.80. The largest absolute Gasteiger partial charge is 0.468 e. The summed E-state index contributed by atoms with van der Waals surface area (Å²) < 4.78 is 22.5. The van der Waals surface area contributed by atoms with Crippen LogP contribution in [0.15, 0.2) is 30.3 Å². The Morgan fingerprint density at radius 3 is 1.64 bits per heavy atom. The van der Waals surface area contributed by atoms with Crippen LogP contribution in [0.25, 0.3) is 0 Å². The zero-order chi connectivity index (χ0) is 21.3. The van der Waals surface area contributed by atoms with Crippen LogP contribution in [0.1, 0.15) is 11.5 Å². The molecule has 7 nitrogen and oxygen atoms in total. The lowest BCUT2D eigenvalue weighted by Gasteiger charge is -2.34. The number of methoxy groups -OCH3 is 2. The Bertz CT molecular complexity index is 681. The van der Waals surface area contributed by atoms with Crippen molar-refractivity contribution in [1.29, 1.82) is 0 Å². The molecule has 0 spiro atoms. The van der Waals surface area contributed by atoms with Crippen LogP contribution in [0, 0.1) is 5.41 Å².